The molecular formula is C15H17N. The van der Waals surface area contributed by atoms with E-state index in [2.05, 4.69) is 67.1 Å². The highest BCUT2D eigenvalue weighted by Crippen LogP contribution is 2.27. The van der Waals surface area contributed by atoms with Crippen LogP contribution in [0.5, 0.6) is 0 Å². The van der Waals surface area contributed by atoms with E-state index in [1.54, 1.807) is 0 Å². The van der Waals surface area contributed by atoms with Gasteiger partial charge in [0.2, 0.25) is 0 Å². The molecule has 1 heterocycles. The van der Waals surface area contributed by atoms with E-state index in [1.165, 1.54) is 22.2 Å². The van der Waals surface area contributed by atoms with E-state index in [9.17, 15) is 0 Å². The Labute approximate surface area is 96.7 Å². The van der Waals surface area contributed by atoms with Gasteiger partial charge in [-0.1, -0.05) is 36.4 Å². The van der Waals surface area contributed by atoms with E-state index < -0.39 is 0 Å². The number of allylic oxidation sites excluding steroid dienone is 2. The van der Waals surface area contributed by atoms with Crippen molar-refractivity contribution in [1.82, 2.24) is 4.57 Å². The summed E-state index contributed by atoms with van der Waals surface area (Å²) in [6.07, 6.45) is 8.45. The Morgan fingerprint density at radius 3 is 2.50 bits per heavy atom. The Hall–Kier alpha value is -1.76. The number of hydrogen-bond acceptors (Lipinski definition) is 0. The van der Waals surface area contributed by atoms with Crippen molar-refractivity contribution in [3.8, 4) is 0 Å². The molecule has 0 amide bonds. The number of para-hydroxylation sites is 1. The molecule has 0 N–H and O–H groups in total. The van der Waals surface area contributed by atoms with Crippen molar-refractivity contribution in [2.24, 2.45) is 0 Å². The highest BCUT2D eigenvalue weighted by molar-refractivity contribution is 5.92. The van der Waals surface area contributed by atoms with E-state index >= 15 is 0 Å². The van der Waals surface area contributed by atoms with Crippen LogP contribution < -0.4 is 0 Å². The molecule has 0 spiro atoms. The summed E-state index contributed by atoms with van der Waals surface area (Å²) >= 11 is 0. The van der Waals surface area contributed by atoms with E-state index in [1.807, 2.05) is 6.92 Å². The third-order valence-corrected chi connectivity index (χ3v) is 2.84. The lowest BCUT2D eigenvalue weighted by Crippen LogP contribution is -1.88. The number of rotatable bonds is 2. The zero-order valence-electron chi connectivity index (χ0n) is 10.1. The van der Waals surface area contributed by atoms with Crippen molar-refractivity contribution in [3.05, 3.63) is 47.7 Å². The van der Waals surface area contributed by atoms with Crippen LogP contribution in [0.3, 0.4) is 0 Å². The molecule has 1 nitrogen and oxygen atoms in total. The van der Waals surface area contributed by atoms with Crippen LogP contribution >= 0.6 is 0 Å². The standard InChI is InChI=1S/C15H17N/c1-4-8-13-12(3)16(11-5-2)15-10-7-6-9-14(13)15/h4-11H,1-3H3/b8-4-,11-5+. The maximum Gasteiger partial charge on any atom is 0.0531 e. The molecule has 0 unspecified atom stereocenters. The summed E-state index contributed by atoms with van der Waals surface area (Å²) in [6, 6.07) is 8.52. The maximum atomic E-state index is 2.24. The van der Waals surface area contributed by atoms with Gasteiger partial charge in [0.15, 0.2) is 0 Å². The van der Waals surface area contributed by atoms with E-state index in [0.29, 0.717) is 0 Å². The van der Waals surface area contributed by atoms with Gasteiger partial charge in [-0.25, -0.2) is 0 Å². The lowest BCUT2D eigenvalue weighted by atomic mass is 10.1. The summed E-state index contributed by atoms with van der Waals surface area (Å²) in [6.45, 7) is 6.26. The zero-order valence-corrected chi connectivity index (χ0v) is 10.1. The Morgan fingerprint density at radius 1 is 1.06 bits per heavy atom. The first-order chi connectivity index (χ1) is 7.79. The maximum absolute atomic E-state index is 2.24. The Bertz CT molecular complexity index is 507. The molecule has 1 aromatic carbocycles. The fourth-order valence-corrected chi connectivity index (χ4v) is 2.14. The molecule has 1 heteroatoms. The minimum Gasteiger partial charge on any atom is -0.320 e. The van der Waals surface area contributed by atoms with Crippen LogP contribution in [0.2, 0.25) is 0 Å². The van der Waals surface area contributed by atoms with E-state index in [0.717, 1.165) is 0 Å². The highest BCUT2D eigenvalue weighted by Gasteiger charge is 2.08. The second-order valence-corrected chi connectivity index (χ2v) is 3.87. The summed E-state index contributed by atoms with van der Waals surface area (Å²) in [5.41, 5.74) is 3.87. The first kappa shape index (κ1) is 10.7. The Balaban J connectivity index is 2.85. The van der Waals surface area contributed by atoms with Gasteiger partial charge in [0.05, 0.1) is 5.52 Å². The predicted molar refractivity (Wildman–Crippen MR) is 72.4 cm³/mol. The lowest BCUT2D eigenvalue weighted by Gasteiger charge is -2.00. The second kappa shape index (κ2) is 4.40. The number of aromatic nitrogens is 1. The first-order valence-electron chi connectivity index (χ1n) is 5.64. The predicted octanol–water partition coefficient (Wildman–Crippen LogP) is 4.47. The molecule has 0 atom stereocenters. The molecule has 0 aliphatic heterocycles. The van der Waals surface area contributed by atoms with E-state index in [4.69, 9.17) is 0 Å². The van der Waals surface area contributed by atoms with Crippen LogP contribution in [0.25, 0.3) is 23.2 Å². The monoisotopic (exact) mass is 211 g/mol. The highest BCUT2D eigenvalue weighted by atomic mass is 15.0. The average Bonchev–Trinajstić information content (AvgIpc) is 2.56. The zero-order chi connectivity index (χ0) is 11.5. The molecule has 0 bridgehead atoms. The third-order valence-electron chi connectivity index (χ3n) is 2.84. The van der Waals surface area contributed by atoms with Gasteiger partial charge >= 0.3 is 0 Å². The van der Waals surface area contributed by atoms with Crippen LogP contribution in [0.4, 0.5) is 0 Å². The van der Waals surface area contributed by atoms with Crippen molar-refractivity contribution in [3.63, 3.8) is 0 Å². The summed E-state index contributed by atoms with van der Waals surface area (Å²) in [4.78, 5) is 0. The SMILES string of the molecule is C/C=C\c1c(C)n(/C=C/C)c2ccccc12. The van der Waals surface area contributed by atoms with Crippen LogP contribution in [0, 0.1) is 6.92 Å². The fourth-order valence-electron chi connectivity index (χ4n) is 2.14. The van der Waals surface area contributed by atoms with Crippen LogP contribution in [0.1, 0.15) is 25.1 Å². The van der Waals surface area contributed by atoms with Crippen LogP contribution in [-0.2, 0) is 0 Å². The summed E-state index contributed by atoms with van der Waals surface area (Å²) in [5.74, 6) is 0. The van der Waals surface area contributed by atoms with Crippen molar-refractivity contribution in [2.75, 3.05) is 0 Å². The van der Waals surface area contributed by atoms with Gasteiger partial charge in [0.25, 0.3) is 0 Å². The summed E-state index contributed by atoms with van der Waals surface area (Å²) in [5, 5.41) is 1.32. The van der Waals surface area contributed by atoms with Crippen LogP contribution in [0.15, 0.2) is 36.4 Å². The molecule has 2 rings (SSSR count). The van der Waals surface area contributed by atoms with Gasteiger partial charge < -0.3 is 4.57 Å². The molecule has 0 aliphatic rings. The quantitative estimate of drug-likeness (QED) is 0.690. The second-order valence-electron chi connectivity index (χ2n) is 3.87. The molecule has 0 saturated carbocycles. The summed E-state index contributed by atoms with van der Waals surface area (Å²) in [7, 11) is 0. The van der Waals surface area contributed by atoms with Crippen molar-refractivity contribution < 1.29 is 0 Å². The van der Waals surface area contributed by atoms with Gasteiger partial charge in [0.1, 0.15) is 0 Å². The number of fused-ring (bicyclic) bond motifs is 1. The van der Waals surface area contributed by atoms with Gasteiger partial charge in [-0.15, -0.1) is 0 Å². The van der Waals surface area contributed by atoms with Gasteiger partial charge in [-0.05, 0) is 26.8 Å². The molecule has 0 fully saturated rings. The molecule has 0 aliphatic carbocycles. The minimum absolute atomic E-state index is 1.27. The topological polar surface area (TPSA) is 4.93 Å². The summed E-state index contributed by atoms with van der Waals surface area (Å²) < 4.78 is 2.24. The van der Waals surface area contributed by atoms with E-state index in [-0.39, 0.29) is 0 Å². The first-order valence-corrected chi connectivity index (χ1v) is 5.64. The van der Waals surface area contributed by atoms with Gasteiger partial charge in [-0.3, -0.25) is 0 Å². The van der Waals surface area contributed by atoms with Crippen LogP contribution in [-0.4, -0.2) is 4.57 Å². The average molecular weight is 211 g/mol. The molecular weight excluding hydrogens is 194 g/mol. The van der Waals surface area contributed by atoms with Crippen molar-refractivity contribution in [1.29, 1.82) is 0 Å². The normalized spacial score (nSPS) is 12.2. The number of hydrogen-bond donors (Lipinski definition) is 0. The van der Waals surface area contributed by atoms with Crippen molar-refractivity contribution >= 4 is 23.2 Å². The molecule has 0 radical (unpaired) electrons. The third kappa shape index (κ3) is 1.58. The molecule has 2 aromatic rings. The largest absolute Gasteiger partial charge is 0.320 e. The minimum atomic E-state index is 1.27. The molecule has 1 aromatic heterocycles. The van der Waals surface area contributed by atoms with Crippen molar-refractivity contribution in [2.45, 2.75) is 20.8 Å². The molecule has 0 saturated heterocycles. The Kier molecular flexibility index (Phi) is 2.95. The van der Waals surface area contributed by atoms with Gasteiger partial charge in [0, 0.05) is 22.8 Å². The fraction of sp³-hybridized carbons (Fsp3) is 0.200. The van der Waals surface area contributed by atoms with Gasteiger partial charge in [-0.2, -0.15) is 0 Å². The Morgan fingerprint density at radius 2 is 1.81 bits per heavy atom. The number of benzene rings is 1. The molecule has 82 valence electrons. The lowest BCUT2D eigenvalue weighted by molar-refractivity contribution is 1.12. The smallest absolute Gasteiger partial charge is 0.0531 e. The molecule has 16 heavy (non-hydrogen) atoms. The number of nitrogens with zero attached hydrogens (tertiary/aromatic N) is 1.